The second-order valence-electron chi connectivity index (χ2n) is 19.4. The number of likely N-dealkylation sites (tertiary alicyclic amines) is 1. The molecule has 11 nitrogen and oxygen atoms in total. The number of unbranched alkanes of at least 4 members (excludes halogenated alkanes) is 24. The van der Waals surface area contributed by atoms with E-state index in [9.17, 15) is 19.2 Å². The molecule has 0 aromatic carbocycles. The first-order chi connectivity index (χ1) is 30.9. The highest BCUT2D eigenvalue weighted by Crippen LogP contribution is 2.64. The molecular formula is C51H93N2O9PS. The maximum absolute atomic E-state index is 13.8. The van der Waals surface area contributed by atoms with Gasteiger partial charge in [-0.05, 0) is 51.3 Å². The highest BCUT2D eigenvalue weighted by Gasteiger charge is 2.76. The van der Waals surface area contributed by atoms with Crippen LogP contribution in [0.3, 0.4) is 0 Å². The van der Waals surface area contributed by atoms with Crippen molar-refractivity contribution in [2.24, 2.45) is 10.8 Å². The monoisotopic (exact) mass is 941 g/mol. The van der Waals surface area contributed by atoms with Gasteiger partial charge in [0.05, 0.1) is 42.8 Å². The smallest absolute Gasteiger partial charge is 0.306 e. The Morgan fingerprint density at radius 3 is 1.42 bits per heavy atom. The molecule has 0 spiro atoms. The Bertz CT molecular complexity index is 1370. The normalized spacial score (nSPS) is 23.0. The maximum Gasteiger partial charge on any atom is 0.306 e. The molecule has 3 saturated heterocycles. The Balaban J connectivity index is 1.47. The Labute approximate surface area is 395 Å². The zero-order valence-electron chi connectivity index (χ0n) is 41.6. The molecule has 0 aliphatic carbocycles. The van der Waals surface area contributed by atoms with E-state index in [1.807, 2.05) is 32.4 Å². The van der Waals surface area contributed by atoms with E-state index in [4.69, 9.17) is 35.1 Å². The fourth-order valence-electron chi connectivity index (χ4n) is 10.1. The van der Waals surface area contributed by atoms with E-state index in [1.165, 1.54) is 133 Å². The van der Waals surface area contributed by atoms with Gasteiger partial charge in [0, 0.05) is 25.9 Å². The molecule has 3 aliphatic heterocycles. The van der Waals surface area contributed by atoms with Gasteiger partial charge in [-0.2, -0.15) is 0 Å². The van der Waals surface area contributed by atoms with Gasteiger partial charge in [-0.25, -0.2) is 4.67 Å². The van der Waals surface area contributed by atoms with Crippen LogP contribution in [0.5, 0.6) is 0 Å². The van der Waals surface area contributed by atoms with Crippen LogP contribution in [0, 0.1) is 10.8 Å². The summed E-state index contributed by atoms with van der Waals surface area (Å²) in [6, 6.07) is 0. The number of carbonyl (C=O) groups excluding carboxylic acids is 4. The zero-order valence-corrected chi connectivity index (χ0v) is 43.3. The van der Waals surface area contributed by atoms with Crippen LogP contribution < -0.4 is 0 Å². The standard InChI is InChI=1S/C51H93N2O9PS/c1-7-11-13-15-17-19-21-23-25-27-29-31-33-35-46(54)58-41-43(61-47(55)36-34-32-30-28-26-24-22-20-18-16-14-12-8-2)42-60-63(64,52(9-3)10-4)59-40-39-53-48(56)50(5)44-37-38-45(62-44)51(50,6)49(53)57/h43-45H,7-42H2,1-6H3/t43?,44-,45+,50+,51-,63?. The van der Waals surface area contributed by atoms with Gasteiger partial charge in [0.1, 0.15) is 6.61 Å². The van der Waals surface area contributed by atoms with E-state index in [1.54, 1.807) is 0 Å². The van der Waals surface area contributed by atoms with Crippen LogP contribution in [0.25, 0.3) is 0 Å². The molecule has 2 amide bonds. The summed E-state index contributed by atoms with van der Waals surface area (Å²) in [5.74, 6) is -1.10. The molecule has 0 aromatic rings. The predicted octanol–water partition coefficient (Wildman–Crippen LogP) is 12.9. The van der Waals surface area contributed by atoms with Crippen LogP contribution in [0.2, 0.25) is 0 Å². The predicted molar refractivity (Wildman–Crippen MR) is 261 cm³/mol. The summed E-state index contributed by atoms with van der Waals surface area (Å²) in [5.41, 5.74) is -1.78. The SMILES string of the molecule is CCCCCCCCCCCCCCCC(=O)OCC(COP(=S)(OCCN1C(=O)[C@@]2(C)[C@@H]3CC[C@@H](O3)[C@@]2(C)C1=O)N(CC)CC)OC(=O)CCCCCCCCCCCCCCC. The summed E-state index contributed by atoms with van der Waals surface area (Å²) in [6.45, 7) is 9.92. The first-order valence-electron chi connectivity index (χ1n) is 26.4. The van der Waals surface area contributed by atoms with E-state index in [-0.39, 0.29) is 68.7 Å². The first-order valence-corrected chi connectivity index (χ1v) is 29.0. The van der Waals surface area contributed by atoms with E-state index < -0.39 is 23.6 Å². The highest BCUT2D eigenvalue weighted by atomic mass is 32.5. The number of nitrogens with zero attached hydrogens (tertiary/aromatic N) is 2. The molecule has 0 radical (unpaired) electrons. The molecule has 0 aromatic heterocycles. The van der Waals surface area contributed by atoms with Crippen molar-refractivity contribution in [1.29, 1.82) is 0 Å². The van der Waals surface area contributed by atoms with Crippen molar-refractivity contribution in [2.75, 3.05) is 39.5 Å². The summed E-state index contributed by atoms with van der Waals surface area (Å²) in [5, 5.41) is 0. The van der Waals surface area contributed by atoms with Gasteiger partial charge in [-0.15, -0.1) is 0 Å². The lowest BCUT2D eigenvalue weighted by Crippen LogP contribution is -2.48. The highest BCUT2D eigenvalue weighted by molar-refractivity contribution is 8.08. The van der Waals surface area contributed by atoms with Crippen LogP contribution in [-0.2, 0) is 54.2 Å². The number of carbonyl (C=O) groups is 4. The summed E-state index contributed by atoms with van der Waals surface area (Å²) >= 11 is 6.10. The number of fused-ring (bicyclic) bond motifs is 5. The minimum Gasteiger partial charge on any atom is -0.462 e. The molecule has 2 unspecified atom stereocenters. The van der Waals surface area contributed by atoms with E-state index in [0.29, 0.717) is 19.5 Å². The number of rotatable bonds is 41. The Hall–Kier alpha value is -1.43. The van der Waals surface area contributed by atoms with Crippen molar-refractivity contribution >= 4 is 42.2 Å². The number of ether oxygens (including phenoxy) is 3. The van der Waals surface area contributed by atoms with Crippen LogP contribution in [-0.4, -0.2) is 91.1 Å². The minimum atomic E-state index is -3.17. The zero-order chi connectivity index (χ0) is 46.7. The summed E-state index contributed by atoms with van der Waals surface area (Å²) in [4.78, 5) is 55.0. The fraction of sp³-hybridized carbons (Fsp3) is 0.922. The fourth-order valence-corrected chi connectivity index (χ4v) is 13.0. The molecule has 0 N–H and O–H groups in total. The van der Waals surface area contributed by atoms with E-state index >= 15 is 0 Å². The van der Waals surface area contributed by atoms with Crippen molar-refractivity contribution in [2.45, 2.75) is 252 Å². The lowest BCUT2D eigenvalue weighted by molar-refractivity contribution is -0.161. The van der Waals surface area contributed by atoms with E-state index in [0.717, 1.165) is 51.4 Å². The van der Waals surface area contributed by atoms with Gasteiger partial charge in [0.25, 0.3) is 6.64 Å². The molecule has 372 valence electrons. The van der Waals surface area contributed by atoms with Crippen molar-refractivity contribution in [1.82, 2.24) is 9.57 Å². The largest absolute Gasteiger partial charge is 0.462 e. The third kappa shape index (κ3) is 17.6. The molecule has 3 rings (SSSR count). The number of amides is 2. The summed E-state index contributed by atoms with van der Waals surface area (Å²) in [6.07, 6.45) is 32.6. The second-order valence-corrected chi connectivity index (χ2v) is 22.8. The molecule has 3 heterocycles. The third-order valence-corrected chi connectivity index (χ3v) is 18.1. The quantitative estimate of drug-likeness (QED) is 0.0252. The van der Waals surface area contributed by atoms with Crippen molar-refractivity contribution in [3.8, 4) is 0 Å². The maximum atomic E-state index is 13.8. The van der Waals surface area contributed by atoms with Gasteiger partial charge in [-0.1, -0.05) is 182 Å². The minimum absolute atomic E-state index is 0.00518. The number of imide groups is 1. The number of esters is 2. The number of hydrogen-bond acceptors (Lipinski definition) is 10. The van der Waals surface area contributed by atoms with Crippen molar-refractivity contribution in [3.05, 3.63) is 0 Å². The van der Waals surface area contributed by atoms with Gasteiger partial charge >= 0.3 is 11.9 Å². The topological polar surface area (TPSA) is 121 Å². The Morgan fingerprint density at radius 2 is 1.02 bits per heavy atom. The number of hydrogen-bond donors (Lipinski definition) is 0. The van der Waals surface area contributed by atoms with Crippen molar-refractivity contribution in [3.63, 3.8) is 0 Å². The van der Waals surface area contributed by atoms with Crippen LogP contribution >= 0.6 is 6.64 Å². The van der Waals surface area contributed by atoms with Crippen LogP contribution in [0.1, 0.15) is 234 Å². The van der Waals surface area contributed by atoms with Gasteiger partial charge in [0.2, 0.25) is 11.8 Å². The molecule has 13 heteroatoms. The molecule has 3 aliphatic rings. The summed E-state index contributed by atoms with van der Waals surface area (Å²) < 4.78 is 32.4. The molecule has 6 atom stereocenters. The van der Waals surface area contributed by atoms with Gasteiger partial charge in [-0.3, -0.25) is 24.1 Å². The molecule has 0 saturated carbocycles. The van der Waals surface area contributed by atoms with Gasteiger partial charge in [0.15, 0.2) is 6.10 Å². The lowest BCUT2D eigenvalue weighted by atomic mass is 9.59. The summed E-state index contributed by atoms with van der Waals surface area (Å²) in [7, 11) is 0. The Kier molecular flexibility index (Phi) is 28.1. The molecule has 64 heavy (non-hydrogen) atoms. The lowest BCUT2D eigenvalue weighted by Gasteiger charge is -2.36. The molecule has 2 bridgehead atoms. The molecular weight excluding hydrogens is 848 g/mol. The van der Waals surface area contributed by atoms with Crippen LogP contribution in [0.4, 0.5) is 0 Å². The van der Waals surface area contributed by atoms with E-state index in [2.05, 4.69) is 13.8 Å². The first kappa shape index (κ1) is 56.9. The second kappa shape index (κ2) is 31.6. The average Bonchev–Trinajstić information content (AvgIpc) is 3.91. The Morgan fingerprint density at radius 1 is 0.625 bits per heavy atom. The van der Waals surface area contributed by atoms with Crippen LogP contribution in [0.15, 0.2) is 0 Å². The van der Waals surface area contributed by atoms with Crippen molar-refractivity contribution < 1.29 is 42.4 Å². The average molecular weight is 941 g/mol. The van der Waals surface area contributed by atoms with Gasteiger partial charge < -0.3 is 23.3 Å². The third-order valence-electron chi connectivity index (χ3n) is 14.5. The molecule has 3 fully saturated rings.